The van der Waals surface area contributed by atoms with Crippen LogP contribution in [0.15, 0.2) is 16.6 Å². The lowest BCUT2D eigenvalue weighted by Gasteiger charge is -2.27. The summed E-state index contributed by atoms with van der Waals surface area (Å²) >= 11 is 1.18. The van der Waals surface area contributed by atoms with Crippen LogP contribution in [-0.2, 0) is 9.47 Å². The summed E-state index contributed by atoms with van der Waals surface area (Å²) in [5.41, 5.74) is -0.252. The zero-order valence-electron chi connectivity index (χ0n) is 16.2. The Labute approximate surface area is 149 Å². The molecule has 0 aliphatic heterocycles. The molecule has 138 valence electrons. The molecule has 0 saturated heterocycles. The average Bonchev–Trinajstić information content (AvgIpc) is 2.32. The first-order valence-electron chi connectivity index (χ1n) is 7.74. The van der Waals surface area contributed by atoms with Crippen LogP contribution < -0.4 is 0 Å². The quantitative estimate of drug-likeness (QED) is 0.401. The molecule has 0 aliphatic rings. The van der Waals surface area contributed by atoms with Gasteiger partial charge in [0.15, 0.2) is 5.17 Å². The molecule has 0 saturated carbocycles. The van der Waals surface area contributed by atoms with E-state index in [-0.39, 0.29) is 11.7 Å². The van der Waals surface area contributed by atoms with E-state index in [0.29, 0.717) is 0 Å². The molecule has 0 aromatic heterocycles. The molecule has 6 nitrogen and oxygen atoms in total. The first kappa shape index (κ1) is 22.5. The topological polar surface area (TPSA) is 68.2 Å². The van der Waals surface area contributed by atoms with Crippen molar-refractivity contribution in [1.29, 1.82) is 0 Å². The predicted octanol–water partition coefficient (Wildman–Crippen LogP) is 4.84. The first-order valence-corrected chi connectivity index (χ1v) is 8.97. The van der Waals surface area contributed by atoms with E-state index in [1.165, 1.54) is 16.7 Å². The van der Waals surface area contributed by atoms with Gasteiger partial charge in [0.05, 0.1) is 0 Å². The van der Waals surface area contributed by atoms with E-state index in [4.69, 9.17) is 9.47 Å². The van der Waals surface area contributed by atoms with Gasteiger partial charge in [0.25, 0.3) is 0 Å². The first-order chi connectivity index (χ1) is 10.7. The lowest BCUT2D eigenvalue weighted by molar-refractivity contribution is 0.0387. The monoisotopic (exact) mass is 358 g/mol. The third kappa shape index (κ3) is 10.3. The van der Waals surface area contributed by atoms with Gasteiger partial charge < -0.3 is 9.47 Å². The Morgan fingerprint density at radius 3 is 1.92 bits per heavy atom. The Bertz CT molecular complexity index is 510. The normalized spacial score (nSPS) is 12.5. The van der Waals surface area contributed by atoms with Gasteiger partial charge in [0, 0.05) is 6.54 Å². The van der Waals surface area contributed by atoms with Crippen LogP contribution in [-0.4, -0.2) is 46.3 Å². The summed E-state index contributed by atoms with van der Waals surface area (Å²) in [6.45, 7) is 14.7. The minimum atomic E-state index is -0.738. The van der Waals surface area contributed by atoms with Crippen LogP contribution in [0.4, 0.5) is 9.59 Å². The van der Waals surface area contributed by atoms with Crippen molar-refractivity contribution >= 4 is 29.1 Å². The van der Waals surface area contributed by atoms with Gasteiger partial charge in [-0.25, -0.2) is 9.59 Å². The Balaban J connectivity index is 5.51. The van der Waals surface area contributed by atoms with Gasteiger partial charge in [-0.3, -0.25) is 4.90 Å². The molecule has 0 bridgehead atoms. The Kier molecular flexibility index (Phi) is 8.54. The van der Waals surface area contributed by atoms with Gasteiger partial charge in [-0.15, -0.1) is 0 Å². The van der Waals surface area contributed by atoms with Crippen LogP contribution >= 0.6 is 11.8 Å². The molecule has 0 aliphatic carbocycles. The van der Waals surface area contributed by atoms with Crippen molar-refractivity contribution in [2.45, 2.75) is 66.6 Å². The number of rotatable bonds is 2. The number of carbonyl (C=O) groups is 2. The maximum Gasteiger partial charge on any atom is 0.436 e. The number of carbonyl (C=O) groups excluding carboxylic acids is 2. The highest BCUT2D eigenvalue weighted by atomic mass is 32.2. The molecule has 0 heterocycles. The summed E-state index contributed by atoms with van der Waals surface area (Å²) in [7, 11) is 0. The molecule has 0 aromatic carbocycles. The summed E-state index contributed by atoms with van der Waals surface area (Å²) < 4.78 is 10.6. The van der Waals surface area contributed by atoms with E-state index in [1.807, 2.05) is 19.9 Å². The average molecular weight is 359 g/mol. The molecule has 2 amide bonds. The van der Waals surface area contributed by atoms with Gasteiger partial charge in [-0.05, 0) is 61.6 Å². The standard InChI is InChI=1S/C17H30N2O4S/c1-12(2)10-11-19(15(21)23-17(6,7)8)13(24-9)18-14(20)22-16(3,4)5/h10H,11H2,1-9H3. The second-order valence-electron chi connectivity index (χ2n) is 7.45. The number of nitrogens with zero attached hydrogens (tertiary/aromatic N) is 2. The van der Waals surface area contributed by atoms with Crippen molar-refractivity contribution in [1.82, 2.24) is 4.90 Å². The fourth-order valence-corrected chi connectivity index (χ4v) is 1.94. The zero-order valence-corrected chi connectivity index (χ0v) is 17.0. The van der Waals surface area contributed by atoms with E-state index in [9.17, 15) is 9.59 Å². The Morgan fingerprint density at radius 2 is 1.54 bits per heavy atom. The smallest absolute Gasteiger partial charge is 0.436 e. The van der Waals surface area contributed by atoms with Crippen LogP contribution in [0.2, 0.25) is 0 Å². The number of allylic oxidation sites excluding steroid dienone is 1. The molecule has 0 N–H and O–H groups in total. The largest absolute Gasteiger partial charge is 0.443 e. The molecule has 0 spiro atoms. The van der Waals surface area contributed by atoms with Crippen LogP contribution in [0.25, 0.3) is 0 Å². The summed E-state index contributed by atoms with van der Waals surface area (Å²) in [6.07, 6.45) is 2.31. The number of hydrogen-bond acceptors (Lipinski definition) is 5. The third-order valence-electron chi connectivity index (χ3n) is 2.29. The summed E-state index contributed by atoms with van der Waals surface area (Å²) in [5.74, 6) is 0. The van der Waals surface area contributed by atoms with Crippen LogP contribution in [0.5, 0.6) is 0 Å². The van der Waals surface area contributed by atoms with Crippen LogP contribution in [0.3, 0.4) is 0 Å². The van der Waals surface area contributed by atoms with Gasteiger partial charge in [0.2, 0.25) is 0 Å². The van der Waals surface area contributed by atoms with Crippen molar-refractivity contribution in [3.63, 3.8) is 0 Å². The Hall–Kier alpha value is -1.50. The fourth-order valence-electron chi connectivity index (χ4n) is 1.40. The number of ether oxygens (including phenoxy) is 2. The second-order valence-corrected chi connectivity index (χ2v) is 8.22. The number of hydrogen-bond donors (Lipinski definition) is 0. The molecular weight excluding hydrogens is 328 g/mol. The van der Waals surface area contributed by atoms with Gasteiger partial charge in [0.1, 0.15) is 11.2 Å². The van der Waals surface area contributed by atoms with Crippen molar-refractivity contribution in [2.75, 3.05) is 12.8 Å². The van der Waals surface area contributed by atoms with E-state index >= 15 is 0 Å². The lowest BCUT2D eigenvalue weighted by Crippen LogP contribution is -2.40. The van der Waals surface area contributed by atoms with E-state index in [1.54, 1.807) is 47.8 Å². The summed E-state index contributed by atoms with van der Waals surface area (Å²) in [4.78, 5) is 29.7. The third-order valence-corrected chi connectivity index (χ3v) is 2.97. The van der Waals surface area contributed by atoms with Gasteiger partial charge in [-0.2, -0.15) is 4.99 Å². The van der Waals surface area contributed by atoms with Crippen molar-refractivity contribution in [3.8, 4) is 0 Å². The number of aliphatic imine (C=N–C) groups is 1. The molecule has 0 aromatic rings. The molecule has 24 heavy (non-hydrogen) atoms. The molecule has 7 heteroatoms. The predicted molar refractivity (Wildman–Crippen MR) is 99.6 cm³/mol. The Morgan fingerprint density at radius 1 is 1.04 bits per heavy atom. The molecular formula is C17H30N2O4S. The van der Waals surface area contributed by atoms with Crippen molar-refractivity contribution in [2.24, 2.45) is 4.99 Å². The maximum atomic E-state index is 12.5. The minimum absolute atomic E-state index is 0.232. The van der Waals surface area contributed by atoms with Crippen LogP contribution in [0, 0.1) is 0 Å². The summed E-state index contributed by atoms with van der Waals surface area (Å²) in [6, 6.07) is 0. The second kappa shape index (κ2) is 9.11. The maximum absolute atomic E-state index is 12.5. The minimum Gasteiger partial charge on any atom is -0.443 e. The highest BCUT2D eigenvalue weighted by molar-refractivity contribution is 8.13. The molecule has 0 rings (SSSR count). The van der Waals surface area contributed by atoms with E-state index in [0.717, 1.165) is 5.57 Å². The highest BCUT2D eigenvalue weighted by Crippen LogP contribution is 2.16. The number of amidine groups is 1. The summed E-state index contributed by atoms with van der Waals surface area (Å²) in [5, 5.41) is 0.232. The number of thioether (sulfide) groups is 1. The molecule has 0 atom stereocenters. The van der Waals surface area contributed by atoms with Crippen molar-refractivity contribution < 1.29 is 19.1 Å². The van der Waals surface area contributed by atoms with Gasteiger partial charge >= 0.3 is 12.2 Å². The highest BCUT2D eigenvalue weighted by Gasteiger charge is 2.26. The van der Waals surface area contributed by atoms with Crippen LogP contribution in [0.1, 0.15) is 55.4 Å². The SMILES string of the molecule is CSC(=NC(=O)OC(C)(C)C)N(CC=C(C)C)C(=O)OC(C)(C)C. The van der Waals surface area contributed by atoms with E-state index < -0.39 is 23.4 Å². The lowest BCUT2D eigenvalue weighted by atomic mass is 10.2. The van der Waals surface area contributed by atoms with E-state index in [2.05, 4.69) is 4.99 Å². The zero-order chi connectivity index (χ0) is 19.1. The van der Waals surface area contributed by atoms with Crippen molar-refractivity contribution in [3.05, 3.63) is 11.6 Å². The molecule has 0 fully saturated rings. The molecule has 0 radical (unpaired) electrons. The number of amides is 2. The fraction of sp³-hybridized carbons (Fsp3) is 0.706. The molecule has 0 unspecified atom stereocenters. The van der Waals surface area contributed by atoms with Gasteiger partial charge in [-0.1, -0.05) is 23.4 Å².